The van der Waals surface area contributed by atoms with Crippen molar-refractivity contribution in [2.45, 2.75) is 6.04 Å². The quantitative estimate of drug-likeness (QED) is 0.496. The highest BCUT2D eigenvalue weighted by atomic mass is 35.5. The van der Waals surface area contributed by atoms with Crippen LogP contribution in [0.25, 0.3) is 5.76 Å². The number of aliphatic hydroxyl groups is 2. The zero-order valence-corrected chi connectivity index (χ0v) is 13.8. The number of carbonyl (C=O) groups excluding carboxylic acids is 2. The van der Waals surface area contributed by atoms with Gasteiger partial charge in [0.25, 0.3) is 11.7 Å². The van der Waals surface area contributed by atoms with Gasteiger partial charge in [0.05, 0.1) is 18.2 Å². The molecule has 128 valence electrons. The number of ketones is 1. The Morgan fingerprint density at radius 1 is 1.20 bits per heavy atom. The molecule has 1 saturated heterocycles. The van der Waals surface area contributed by atoms with E-state index in [9.17, 15) is 19.8 Å². The monoisotopic (exact) mass is 358 g/mol. The number of likely N-dealkylation sites (tertiary alicyclic amines) is 1. The van der Waals surface area contributed by atoms with Gasteiger partial charge >= 0.3 is 0 Å². The Labute approximate surface area is 149 Å². The topological polar surface area (TPSA) is 90.7 Å². The van der Waals surface area contributed by atoms with Gasteiger partial charge in [-0.3, -0.25) is 14.6 Å². The van der Waals surface area contributed by atoms with E-state index in [-0.39, 0.29) is 24.5 Å². The van der Waals surface area contributed by atoms with Crippen LogP contribution in [0, 0.1) is 0 Å². The largest absolute Gasteiger partial charge is 0.507 e. The molecule has 7 heteroatoms. The Morgan fingerprint density at radius 3 is 2.52 bits per heavy atom. The van der Waals surface area contributed by atoms with Gasteiger partial charge in [-0.1, -0.05) is 17.7 Å². The fraction of sp³-hybridized carbons (Fsp3) is 0.167. The number of carbonyl (C=O) groups is 2. The number of aliphatic hydroxyl groups excluding tert-OH is 2. The molecule has 1 fully saturated rings. The predicted molar refractivity (Wildman–Crippen MR) is 91.8 cm³/mol. The lowest BCUT2D eigenvalue weighted by Crippen LogP contribution is -2.32. The number of hydrogen-bond donors (Lipinski definition) is 2. The van der Waals surface area contributed by atoms with Crippen molar-refractivity contribution in [1.82, 2.24) is 9.88 Å². The number of hydrogen-bond acceptors (Lipinski definition) is 5. The van der Waals surface area contributed by atoms with Crippen LogP contribution in [0.5, 0.6) is 0 Å². The van der Waals surface area contributed by atoms with Gasteiger partial charge in [0.15, 0.2) is 0 Å². The summed E-state index contributed by atoms with van der Waals surface area (Å²) in [5, 5.41) is 20.4. The summed E-state index contributed by atoms with van der Waals surface area (Å²) in [5.74, 6) is -1.85. The van der Waals surface area contributed by atoms with Gasteiger partial charge in [-0.15, -0.1) is 0 Å². The maximum absolute atomic E-state index is 12.5. The van der Waals surface area contributed by atoms with E-state index >= 15 is 0 Å². The van der Waals surface area contributed by atoms with Gasteiger partial charge in [-0.2, -0.15) is 0 Å². The van der Waals surface area contributed by atoms with Gasteiger partial charge in [0.2, 0.25) is 0 Å². The zero-order chi connectivity index (χ0) is 18.0. The molecule has 0 aliphatic carbocycles. The first-order chi connectivity index (χ1) is 12.0. The number of halogens is 1. The number of aromatic nitrogens is 1. The number of pyridine rings is 1. The van der Waals surface area contributed by atoms with Crippen molar-refractivity contribution in [2.75, 3.05) is 13.2 Å². The van der Waals surface area contributed by atoms with E-state index in [1.807, 2.05) is 0 Å². The van der Waals surface area contributed by atoms with Crippen LogP contribution >= 0.6 is 11.6 Å². The molecular weight excluding hydrogens is 344 g/mol. The molecule has 0 spiro atoms. The van der Waals surface area contributed by atoms with Crippen molar-refractivity contribution >= 4 is 29.1 Å². The minimum Gasteiger partial charge on any atom is -0.507 e. The molecule has 2 heterocycles. The average molecular weight is 359 g/mol. The molecule has 0 saturated carbocycles. The summed E-state index contributed by atoms with van der Waals surface area (Å²) in [6, 6.07) is 8.88. The van der Waals surface area contributed by atoms with E-state index in [2.05, 4.69) is 4.98 Å². The highest BCUT2D eigenvalue weighted by Gasteiger charge is 2.45. The van der Waals surface area contributed by atoms with E-state index in [0.29, 0.717) is 16.1 Å². The first-order valence-electron chi connectivity index (χ1n) is 7.59. The Bertz CT molecular complexity index is 834. The van der Waals surface area contributed by atoms with Crippen molar-refractivity contribution in [2.24, 2.45) is 0 Å². The minimum atomic E-state index is -0.809. The number of rotatable bonds is 4. The summed E-state index contributed by atoms with van der Waals surface area (Å²) in [6.07, 6.45) is 3.09. The highest BCUT2D eigenvalue weighted by molar-refractivity contribution is 6.46. The third-order valence-electron chi connectivity index (χ3n) is 4.00. The van der Waals surface area contributed by atoms with Crippen LogP contribution in [0.2, 0.25) is 5.02 Å². The molecule has 3 rings (SSSR count). The predicted octanol–water partition coefficient (Wildman–Crippen LogP) is 2.15. The van der Waals surface area contributed by atoms with Crippen LogP contribution in [0.15, 0.2) is 54.4 Å². The molecule has 0 radical (unpaired) electrons. The molecule has 1 amide bonds. The smallest absolute Gasteiger partial charge is 0.295 e. The number of β-amino-alcohol motifs (C(OH)–C–C–N with tert-alkyl or cyclic N) is 1. The van der Waals surface area contributed by atoms with Crippen LogP contribution in [-0.2, 0) is 9.59 Å². The van der Waals surface area contributed by atoms with Crippen molar-refractivity contribution in [3.63, 3.8) is 0 Å². The van der Waals surface area contributed by atoms with E-state index in [0.717, 1.165) is 0 Å². The van der Waals surface area contributed by atoms with E-state index < -0.39 is 17.7 Å². The first kappa shape index (κ1) is 17.1. The Morgan fingerprint density at radius 2 is 1.92 bits per heavy atom. The molecule has 6 nitrogen and oxygen atoms in total. The summed E-state index contributed by atoms with van der Waals surface area (Å²) in [5.41, 5.74) is 0.916. The van der Waals surface area contributed by atoms with E-state index in [1.165, 1.54) is 11.1 Å². The van der Waals surface area contributed by atoms with Crippen molar-refractivity contribution in [1.29, 1.82) is 0 Å². The van der Waals surface area contributed by atoms with Gasteiger partial charge < -0.3 is 15.1 Å². The molecule has 1 aromatic heterocycles. The first-order valence-corrected chi connectivity index (χ1v) is 7.97. The molecule has 25 heavy (non-hydrogen) atoms. The molecule has 1 unspecified atom stereocenters. The molecule has 2 aromatic rings. The molecule has 0 bridgehead atoms. The van der Waals surface area contributed by atoms with Crippen LogP contribution < -0.4 is 0 Å². The molecule has 1 aromatic carbocycles. The fourth-order valence-corrected chi connectivity index (χ4v) is 2.99. The van der Waals surface area contributed by atoms with Crippen molar-refractivity contribution in [3.05, 3.63) is 70.5 Å². The summed E-state index contributed by atoms with van der Waals surface area (Å²) in [7, 11) is 0. The van der Waals surface area contributed by atoms with E-state index in [4.69, 9.17) is 11.6 Å². The third kappa shape index (κ3) is 3.14. The summed E-state index contributed by atoms with van der Waals surface area (Å²) >= 11 is 5.85. The van der Waals surface area contributed by atoms with Crippen LogP contribution in [0.1, 0.15) is 17.2 Å². The average Bonchev–Trinajstić information content (AvgIpc) is 2.88. The SMILES string of the molecule is O=C1C(=O)N(CCO)C(c2cccnc2)/C1=C(/O)c1ccc(Cl)cc1. The number of nitrogens with zero attached hydrogens (tertiary/aromatic N) is 2. The Hall–Kier alpha value is -2.70. The van der Waals surface area contributed by atoms with Gasteiger partial charge in [0, 0.05) is 29.5 Å². The van der Waals surface area contributed by atoms with Gasteiger partial charge in [0.1, 0.15) is 5.76 Å². The van der Waals surface area contributed by atoms with Gasteiger partial charge in [-0.05, 0) is 35.9 Å². The Balaban J connectivity index is 2.17. The van der Waals surface area contributed by atoms with Crippen LogP contribution in [0.3, 0.4) is 0 Å². The lowest BCUT2D eigenvalue weighted by atomic mass is 9.96. The summed E-state index contributed by atoms with van der Waals surface area (Å²) < 4.78 is 0. The minimum absolute atomic E-state index is 0.0263. The highest BCUT2D eigenvalue weighted by Crippen LogP contribution is 2.38. The summed E-state index contributed by atoms with van der Waals surface area (Å²) in [6.45, 7) is -0.327. The van der Waals surface area contributed by atoms with Crippen molar-refractivity contribution in [3.8, 4) is 0 Å². The van der Waals surface area contributed by atoms with Crippen LogP contribution in [0.4, 0.5) is 0 Å². The van der Waals surface area contributed by atoms with Crippen molar-refractivity contribution < 1.29 is 19.8 Å². The zero-order valence-electron chi connectivity index (χ0n) is 13.1. The lowest BCUT2D eigenvalue weighted by Gasteiger charge is -2.24. The maximum Gasteiger partial charge on any atom is 0.295 e. The summed E-state index contributed by atoms with van der Waals surface area (Å²) in [4.78, 5) is 30.1. The molecule has 2 N–H and O–H groups in total. The number of benzene rings is 1. The normalized spacial score (nSPS) is 19.4. The standard InChI is InChI=1S/C18H15ClN2O4/c19-13-5-3-11(4-6-13)16(23)14-15(12-2-1-7-20-10-12)21(8-9-22)18(25)17(14)24/h1-7,10,15,22-23H,8-9H2/b16-14-. The van der Waals surface area contributed by atoms with Crippen LogP contribution in [-0.4, -0.2) is 44.9 Å². The Kier molecular flexibility index (Phi) is 4.83. The van der Waals surface area contributed by atoms with Gasteiger partial charge in [-0.25, -0.2) is 0 Å². The third-order valence-corrected chi connectivity index (χ3v) is 4.25. The molecular formula is C18H15ClN2O4. The second kappa shape index (κ2) is 7.04. The molecule has 1 aliphatic rings. The molecule has 1 aliphatic heterocycles. The lowest BCUT2D eigenvalue weighted by molar-refractivity contribution is -0.140. The maximum atomic E-state index is 12.5. The number of amides is 1. The number of Topliss-reactive ketones (excluding diaryl/α,β-unsaturated/α-hetero) is 1. The van der Waals surface area contributed by atoms with E-state index in [1.54, 1.807) is 42.6 Å². The fourth-order valence-electron chi connectivity index (χ4n) is 2.87. The molecule has 1 atom stereocenters. The second-order valence-electron chi connectivity index (χ2n) is 5.51. The second-order valence-corrected chi connectivity index (χ2v) is 5.95.